The second-order valence-corrected chi connectivity index (χ2v) is 4.06. The van der Waals surface area contributed by atoms with E-state index in [1.807, 2.05) is 18.2 Å². The molecule has 0 heterocycles. The molecule has 2 aromatic rings. The van der Waals surface area contributed by atoms with Crippen molar-refractivity contribution in [3.8, 4) is 11.5 Å². The molecule has 2 rings (SSSR count). The third kappa shape index (κ3) is 2.47. The first-order chi connectivity index (χ1) is 7.65. The normalized spacial score (nSPS) is 10.3. The van der Waals surface area contributed by atoms with E-state index in [4.69, 9.17) is 11.6 Å². The first-order valence-electron chi connectivity index (χ1n) is 4.90. The third-order valence-corrected chi connectivity index (χ3v) is 2.58. The summed E-state index contributed by atoms with van der Waals surface area (Å²) >= 11 is 5.87. The standard InChI is InChI=1S/C13H11ClO2/c14-11-3-1-2-9(7-11)6-10-8-12(15)4-5-13(10)16/h1-5,7-8,15-16H,6H2. The van der Waals surface area contributed by atoms with Crippen LogP contribution in [0.2, 0.25) is 5.02 Å². The van der Waals surface area contributed by atoms with Crippen molar-refractivity contribution in [3.05, 3.63) is 58.6 Å². The van der Waals surface area contributed by atoms with Crippen LogP contribution in [0, 0.1) is 0 Å². The molecule has 0 spiro atoms. The summed E-state index contributed by atoms with van der Waals surface area (Å²) in [5.74, 6) is 0.326. The Hall–Kier alpha value is -1.67. The highest BCUT2D eigenvalue weighted by Crippen LogP contribution is 2.25. The summed E-state index contributed by atoms with van der Waals surface area (Å²) in [6, 6.07) is 11.9. The summed E-state index contributed by atoms with van der Waals surface area (Å²) in [6.45, 7) is 0. The molecule has 0 aliphatic rings. The molecule has 0 atom stereocenters. The summed E-state index contributed by atoms with van der Waals surface area (Å²) in [5, 5.41) is 19.6. The molecule has 0 amide bonds. The van der Waals surface area contributed by atoms with Gasteiger partial charge in [0.2, 0.25) is 0 Å². The number of hydrogen-bond acceptors (Lipinski definition) is 2. The quantitative estimate of drug-likeness (QED) is 0.783. The zero-order valence-corrected chi connectivity index (χ0v) is 9.28. The van der Waals surface area contributed by atoms with Crippen LogP contribution < -0.4 is 0 Å². The highest BCUT2D eigenvalue weighted by molar-refractivity contribution is 6.30. The van der Waals surface area contributed by atoms with Gasteiger partial charge in [-0.15, -0.1) is 0 Å². The summed E-state index contributed by atoms with van der Waals surface area (Å²) < 4.78 is 0. The second kappa shape index (κ2) is 4.45. The number of rotatable bonds is 2. The smallest absolute Gasteiger partial charge is 0.119 e. The van der Waals surface area contributed by atoms with Crippen molar-refractivity contribution in [3.63, 3.8) is 0 Å². The highest BCUT2D eigenvalue weighted by atomic mass is 35.5. The lowest BCUT2D eigenvalue weighted by Gasteiger charge is -2.05. The fourth-order valence-electron chi connectivity index (χ4n) is 1.58. The van der Waals surface area contributed by atoms with Crippen molar-refractivity contribution in [2.75, 3.05) is 0 Å². The van der Waals surface area contributed by atoms with E-state index in [2.05, 4.69) is 0 Å². The molecule has 0 aliphatic heterocycles. The van der Waals surface area contributed by atoms with E-state index in [-0.39, 0.29) is 11.5 Å². The van der Waals surface area contributed by atoms with E-state index in [9.17, 15) is 10.2 Å². The van der Waals surface area contributed by atoms with E-state index < -0.39 is 0 Å². The van der Waals surface area contributed by atoms with Gasteiger partial charge in [0, 0.05) is 17.0 Å². The van der Waals surface area contributed by atoms with Gasteiger partial charge in [-0.25, -0.2) is 0 Å². The van der Waals surface area contributed by atoms with Crippen LogP contribution in [0.3, 0.4) is 0 Å². The van der Waals surface area contributed by atoms with E-state index in [1.165, 1.54) is 12.1 Å². The first-order valence-corrected chi connectivity index (χ1v) is 5.28. The van der Waals surface area contributed by atoms with Gasteiger partial charge in [0.25, 0.3) is 0 Å². The molecular weight excluding hydrogens is 224 g/mol. The maximum absolute atomic E-state index is 9.62. The Morgan fingerprint density at radius 1 is 1.00 bits per heavy atom. The molecule has 2 N–H and O–H groups in total. The molecule has 0 bridgehead atoms. The Morgan fingerprint density at radius 3 is 2.56 bits per heavy atom. The summed E-state index contributed by atoms with van der Waals surface area (Å²) in [4.78, 5) is 0. The van der Waals surface area contributed by atoms with Crippen molar-refractivity contribution in [2.45, 2.75) is 6.42 Å². The van der Waals surface area contributed by atoms with Gasteiger partial charge in [0.05, 0.1) is 0 Å². The first kappa shape index (κ1) is 10.8. The maximum Gasteiger partial charge on any atom is 0.119 e. The van der Waals surface area contributed by atoms with Crippen molar-refractivity contribution in [1.29, 1.82) is 0 Å². The van der Waals surface area contributed by atoms with E-state index in [0.29, 0.717) is 17.0 Å². The number of hydrogen-bond donors (Lipinski definition) is 2. The van der Waals surface area contributed by atoms with Gasteiger partial charge in [-0.2, -0.15) is 0 Å². The minimum atomic E-state index is 0.148. The van der Waals surface area contributed by atoms with Crippen LogP contribution in [0.1, 0.15) is 11.1 Å². The van der Waals surface area contributed by atoms with Crippen LogP contribution >= 0.6 is 11.6 Å². The van der Waals surface area contributed by atoms with E-state index in [1.54, 1.807) is 12.1 Å². The molecule has 0 saturated carbocycles. The molecule has 82 valence electrons. The average Bonchev–Trinajstić information content (AvgIpc) is 2.24. The largest absolute Gasteiger partial charge is 0.508 e. The van der Waals surface area contributed by atoms with Crippen LogP contribution in [0.4, 0.5) is 0 Å². The van der Waals surface area contributed by atoms with Gasteiger partial charge in [0.15, 0.2) is 0 Å². The van der Waals surface area contributed by atoms with Crippen molar-refractivity contribution >= 4 is 11.6 Å². The van der Waals surface area contributed by atoms with Crippen LogP contribution in [0.5, 0.6) is 11.5 Å². The second-order valence-electron chi connectivity index (χ2n) is 3.62. The Bertz CT molecular complexity index is 509. The van der Waals surface area contributed by atoms with Crippen LogP contribution in [0.15, 0.2) is 42.5 Å². The number of aromatic hydroxyl groups is 2. The van der Waals surface area contributed by atoms with Crippen LogP contribution in [0.25, 0.3) is 0 Å². The predicted octanol–water partition coefficient (Wildman–Crippen LogP) is 3.34. The minimum Gasteiger partial charge on any atom is -0.508 e. The lowest BCUT2D eigenvalue weighted by molar-refractivity contribution is 0.455. The number of phenols is 2. The van der Waals surface area contributed by atoms with E-state index >= 15 is 0 Å². The number of benzene rings is 2. The maximum atomic E-state index is 9.62. The Kier molecular flexibility index (Phi) is 3.02. The molecule has 0 aliphatic carbocycles. The van der Waals surface area contributed by atoms with E-state index in [0.717, 1.165) is 5.56 Å². The highest BCUT2D eigenvalue weighted by Gasteiger charge is 2.04. The van der Waals surface area contributed by atoms with Gasteiger partial charge >= 0.3 is 0 Å². The fraction of sp³-hybridized carbons (Fsp3) is 0.0769. The molecular formula is C13H11ClO2. The minimum absolute atomic E-state index is 0.148. The van der Waals surface area contributed by atoms with Gasteiger partial charge in [-0.3, -0.25) is 0 Å². The molecule has 16 heavy (non-hydrogen) atoms. The fourth-order valence-corrected chi connectivity index (χ4v) is 1.79. The summed E-state index contributed by atoms with van der Waals surface area (Å²) in [6.07, 6.45) is 0.542. The Labute approximate surface area is 98.7 Å². The topological polar surface area (TPSA) is 40.5 Å². The van der Waals surface area contributed by atoms with Gasteiger partial charge in [-0.05, 0) is 35.9 Å². The molecule has 0 saturated heterocycles. The van der Waals surface area contributed by atoms with Gasteiger partial charge in [-0.1, -0.05) is 23.7 Å². The molecule has 3 heteroatoms. The van der Waals surface area contributed by atoms with Crippen molar-refractivity contribution in [2.24, 2.45) is 0 Å². The molecule has 0 radical (unpaired) electrons. The van der Waals surface area contributed by atoms with Gasteiger partial charge in [0.1, 0.15) is 11.5 Å². The SMILES string of the molecule is Oc1ccc(O)c(Cc2cccc(Cl)c2)c1. The lowest BCUT2D eigenvalue weighted by atomic mass is 10.0. The predicted molar refractivity (Wildman–Crippen MR) is 64.0 cm³/mol. The molecule has 0 unspecified atom stereocenters. The van der Waals surface area contributed by atoms with Crippen LogP contribution in [-0.4, -0.2) is 10.2 Å². The molecule has 2 nitrogen and oxygen atoms in total. The third-order valence-electron chi connectivity index (χ3n) is 2.35. The Morgan fingerprint density at radius 2 is 1.81 bits per heavy atom. The average molecular weight is 235 g/mol. The number of halogens is 1. The number of phenolic OH excluding ortho intramolecular Hbond substituents is 2. The molecule has 0 aromatic heterocycles. The summed E-state index contributed by atoms with van der Waals surface area (Å²) in [7, 11) is 0. The zero-order valence-electron chi connectivity index (χ0n) is 8.52. The van der Waals surface area contributed by atoms with Crippen molar-refractivity contribution in [1.82, 2.24) is 0 Å². The zero-order chi connectivity index (χ0) is 11.5. The molecule has 2 aromatic carbocycles. The van der Waals surface area contributed by atoms with Crippen LogP contribution in [-0.2, 0) is 6.42 Å². The monoisotopic (exact) mass is 234 g/mol. The molecule has 0 fully saturated rings. The Balaban J connectivity index is 2.30. The van der Waals surface area contributed by atoms with Gasteiger partial charge < -0.3 is 10.2 Å². The van der Waals surface area contributed by atoms with Crippen molar-refractivity contribution < 1.29 is 10.2 Å². The lowest BCUT2D eigenvalue weighted by Crippen LogP contribution is -1.88. The summed E-state index contributed by atoms with van der Waals surface area (Å²) in [5.41, 5.74) is 1.68.